The Bertz CT molecular complexity index is 1880. The van der Waals surface area contributed by atoms with Gasteiger partial charge in [-0.15, -0.1) is 0 Å². The van der Waals surface area contributed by atoms with Gasteiger partial charge in [-0.3, -0.25) is 14.2 Å². The van der Waals surface area contributed by atoms with Crippen molar-refractivity contribution in [3.8, 4) is 11.5 Å². The predicted octanol–water partition coefficient (Wildman–Crippen LogP) is 5.34. The van der Waals surface area contributed by atoms with Crippen LogP contribution in [0.5, 0.6) is 11.5 Å². The number of carbonyl (C=O) groups is 1. The Morgan fingerprint density at radius 2 is 1.76 bits per heavy atom. The first-order chi connectivity index (χ1) is 21.8. The van der Waals surface area contributed by atoms with Crippen molar-refractivity contribution in [1.82, 2.24) is 19.9 Å². The van der Waals surface area contributed by atoms with Gasteiger partial charge in [0.2, 0.25) is 5.91 Å². The Labute approximate surface area is 262 Å². The van der Waals surface area contributed by atoms with Crippen molar-refractivity contribution in [3.05, 3.63) is 112 Å². The number of fused-ring (bicyclic) bond motifs is 1. The highest BCUT2D eigenvalue weighted by Gasteiger charge is 2.41. The number of methoxy groups -OCH3 is 2. The molecule has 3 aromatic carbocycles. The Hall–Kier alpha value is -4.84. The highest BCUT2D eigenvalue weighted by atomic mass is 32.1. The maximum Gasteiger partial charge on any atom is 0.330 e. The topological polar surface area (TPSA) is 98.6 Å². The van der Waals surface area contributed by atoms with Gasteiger partial charge in [-0.2, -0.15) is 8.78 Å². The van der Waals surface area contributed by atoms with Gasteiger partial charge in [0.15, 0.2) is 21.3 Å². The molecule has 1 amide bonds. The van der Waals surface area contributed by atoms with Crippen LogP contribution in [0.1, 0.15) is 35.4 Å². The number of alkyl halides is 2. The summed E-state index contributed by atoms with van der Waals surface area (Å²) in [5, 5.41) is 3.37. The Kier molecular flexibility index (Phi) is 8.48. The molecule has 1 aliphatic heterocycles. The number of amides is 1. The molecule has 2 aromatic heterocycles. The summed E-state index contributed by atoms with van der Waals surface area (Å²) < 4.78 is 44.1. The molecule has 1 N–H and O–H groups in total. The van der Waals surface area contributed by atoms with Crippen molar-refractivity contribution >= 4 is 32.7 Å². The van der Waals surface area contributed by atoms with Gasteiger partial charge in [0.05, 0.1) is 20.8 Å². The van der Waals surface area contributed by atoms with Crippen LogP contribution in [0, 0.1) is 0 Å². The summed E-state index contributed by atoms with van der Waals surface area (Å²) in [5.41, 5.74) is 0.407. The minimum atomic E-state index is -3.61. The number of benzene rings is 3. The lowest BCUT2D eigenvalue weighted by Crippen LogP contribution is -2.43. The van der Waals surface area contributed by atoms with Crippen molar-refractivity contribution in [3.63, 3.8) is 0 Å². The molecule has 9 nitrogen and oxygen atoms in total. The molecular formula is C33H31F2N5O4S. The summed E-state index contributed by atoms with van der Waals surface area (Å²) in [6, 6.07) is 21.3. The number of carbonyl (C=O) groups excluding carboxylic acids is 1. The summed E-state index contributed by atoms with van der Waals surface area (Å²) >= 11 is 1.03. The molecule has 232 valence electrons. The van der Waals surface area contributed by atoms with E-state index in [0.29, 0.717) is 41.7 Å². The monoisotopic (exact) mass is 631 g/mol. The van der Waals surface area contributed by atoms with Gasteiger partial charge in [-0.1, -0.05) is 72.0 Å². The third kappa shape index (κ3) is 5.97. The lowest BCUT2D eigenvalue weighted by atomic mass is 10.1. The number of anilines is 1. The van der Waals surface area contributed by atoms with E-state index in [1.807, 2.05) is 35.2 Å². The lowest BCUT2D eigenvalue weighted by molar-refractivity contribution is -0.122. The Morgan fingerprint density at radius 3 is 2.47 bits per heavy atom. The number of hydrogen-bond acceptors (Lipinski definition) is 8. The largest absolute Gasteiger partial charge is 0.497 e. The van der Waals surface area contributed by atoms with Gasteiger partial charge in [-0.25, -0.2) is 9.97 Å². The zero-order valence-electron chi connectivity index (χ0n) is 24.7. The van der Waals surface area contributed by atoms with E-state index in [4.69, 9.17) is 9.47 Å². The molecule has 3 heterocycles. The van der Waals surface area contributed by atoms with E-state index in [-0.39, 0.29) is 28.4 Å². The van der Waals surface area contributed by atoms with Crippen LogP contribution in [0.25, 0.3) is 10.3 Å². The molecule has 0 saturated carbocycles. The number of rotatable bonds is 10. The summed E-state index contributed by atoms with van der Waals surface area (Å²) in [6.45, 7) is 0.671. The van der Waals surface area contributed by atoms with Crippen molar-refractivity contribution < 1.29 is 23.0 Å². The summed E-state index contributed by atoms with van der Waals surface area (Å²) in [4.78, 5) is 38.1. The fourth-order valence-corrected chi connectivity index (χ4v) is 6.51. The first kappa shape index (κ1) is 30.2. The minimum Gasteiger partial charge on any atom is -0.497 e. The molecule has 0 aliphatic carbocycles. The van der Waals surface area contributed by atoms with Gasteiger partial charge >= 0.3 is 5.92 Å². The van der Waals surface area contributed by atoms with Crippen LogP contribution in [-0.2, 0) is 23.8 Å². The minimum absolute atomic E-state index is 0.0366. The van der Waals surface area contributed by atoms with Crippen LogP contribution in [0.15, 0.2) is 83.7 Å². The molecular weight excluding hydrogens is 600 g/mol. The summed E-state index contributed by atoms with van der Waals surface area (Å²) in [5.74, 6) is -3.59. The molecule has 5 aromatic rings. The van der Waals surface area contributed by atoms with E-state index in [1.165, 1.54) is 38.5 Å². The molecule has 12 heteroatoms. The number of ether oxygens (including phenoxy) is 2. The van der Waals surface area contributed by atoms with Crippen LogP contribution in [-0.4, -0.2) is 47.2 Å². The molecule has 0 unspecified atom stereocenters. The zero-order valence-corrected chi connectivity index (χ0v) is 25.5. The number of halogens is 2. The zero-order chi connectivity index (χ0) is 31.6. The molecule has 0 bridgehead atoms. The molecule has 0 radical (unpaired) electrons. The standard InChI is InChI=1S/C33H31F2N5O4S/c1-43-24-16-15-22(26(18-24)44-2)20-40-30(42)27-29(38-31(40)33(34,35)23-12-7-4-8-13-23)45-32(37-27)39-17-9-14-25(39)28(41)36-19-21-10-5-3-6-11-21/h3-8,10-13,15-16,18,25H,9,14,17,19-20H2,1-2H3,(H,36,41)/t25-/m1/s1. The molecule has 1 saturated heterocycles. The summed E-state index contributed by atoms with van der Waals surface area (Å²) in [6.07, 6.45) is 1.34. The van der Waals surface area contributed by atoms with E-state index < -0.39 is 23.3 Å². The van der Waals surface area contributed by atoms with Crippen molar-refractivity contribution in [2.75, 3.05) is 25.7 Å². The fraction of sp³-hybridized carbons (Fsp3) is 0.273. The van der Waals surface area contributed by atoms with Crippen molar-refractivity contribution in [1.29, 1.82) is 0 Å². The van der Waals surface area contributed by atoms with E-state index in [1.54, 1.807) is 24.3 Å². The van der Waals surface area contributed by atoms with Gasteiger partial charge in [0.1, 0.15) is 17.5 Å². The lowest BCUT2D eigenvalue weighted by Gasteiger charge is -2.23. The van der Waals surface area contributed by atoms with Crippen molar-refractivity contribution in [2.24, 2.45) is 0 Å². The van der Waals surface area contributed by atoms with E-state index in [0.717, 1.165) is 27.9 Å². The fourth-order valence-electron chi connectivity index (χ4n) is 5.51. The quantitative estimate of drug-likeness (QED) is 0.222. The second-order valence-corrected chi connectivity index (χ2v) is 11.6. The number of aromatic nitrogens is 3. The number of thiazole rings is 1. The molecule has 45 heavy (non-hydrogen) atoms. The average Bonchev–Trinajstić information content (AvgIpc) is 3.74. The van der Waals surface area contributed by atoms with Crippen LogP contribution < -0.4 is 25.2 Å². The molecule has 1 fully saturated rings. The summed E-state index contributed by atoms with van der Waals surface area (Å²) in [7, 11) is 2.96. The Balaban J connectivity index is 1.40. The van der Waals surface area contributed by atoms with E-state index in [9.17, 15) is 9.59 Å². The average molecular weight is 632 g/mol. The second-order valence-electron chi connectivity index (χ2n) is 10.6. The first-order valence-corrected chi connectivity index (χ1v) is 15.3. The molecule has 0 spiro atoms. The molecule has 6 rings (SSSR count). The number of nitrogens with zero attached hydrogens (tertiary/aromatic N) is 4. The molecule has 1 aliphatic rings. The van der Waals surface area contributed by atoms with Crippen LogP contribution >= 0.6 is 11.3 Å². The first-order valence-electron chi connectivity index (χ1n) is 14.4. The molecule has 1 atom stereocenters. The normalized spacial score (nSPS) is 14.9. The smallest absolute Gasteiger partial charge is 0.330 e. The van der Waals surface area contributed by atoms with Gasteiger partial charge in [0.25, 0.3) is 5.56 Å². The highest BCUT2D eigenvalue weighted by molar-refractivity contribution is 7.21. The number of hydrogen-bond donors (Lipinski definition) is 1. The van der Waals surface area contributed by atoms with E-state index >= 15 is 8.78 Å². The maximum atomic E-state index is 16.2. The SMILES string of the molecule is COc1ccc(Cn2c(C(F)(F)c3ccccc3)nc3sc(N4CCC[C@@H]4C(=O)NCc4ccccc4)nc3c2=O)c(OC)c1. The van der Waals surface area contributed by atoms with Gasteiger partial charge in [-0.05, 0) is 30.5 Å². The number of nitrogens with one attached hydrogen (secondary N) is 1. The van der Waals surface area contributed by atoms with Crippen molar-refractivity contribution in [2.45, 2.75) is 37.9 Å². The predicted molar refractivity (Wildman–Crippen MR) is 168 cm³/mol. The highest BCUT2D eigenvalue weighted by Crippen LogP contribution is 2.38. The Morgan fingerprint density at radius 1 is 1.02 bits per heavy atom. The van der Waals surface area contributed by atoms with Crippen LogP contribution in [0.3, 0.4) is 0 Å². The maximum absolute atomic E-state index is 16.2. The third-order valence-electron chi connectivity index (χ3n) is 7.86. The third-order valence-corrected chi connectivity index (χ3v) is 8.85. The van der Waals surface area contributed by atoms with Gasteiger partial charge in [0, 0.05) is 30.3 Å². The van der Waals surface area contributed by atoms with Crippen LogP contribution in [0.2, 0.25) is 0 Å². The van der Waals surface area contributed by atoms with E-state index in [2.05, 4.69) is 15.3 Å². The second kappa shape index (κ2) is 12.6. The van der Waals surface area contributed by atoms with Crippen LogP contribution in [0.4, 0.5) is 13.9 Å². The van der Waals surface area contributed by atoms with Gasteiger partial charge < -0.3 is 19.7 Å².